The standard InChI is InChI=1S/C16H26O2/c1-4-11(2)13-7-8-14-12(10-15(17)18)6-5-9-16(13,14)3/h5-6,11-14H,4,7-10H2,1-3H3,(H,17,18)/t11-,12-,13+,14-,16+/m0/s1. The maximum atomic E-state index is 11.0. The van der Waals surface area contributed by atoms with E-state index in [9.17, 15) is 4.79 Å². The molecule has 0 aliphatic heterocycles. The molecule has 1 fully saturated rings. The zero-order valence-electron chi connectivity index (χ0n) is 11.9. The molecule has 1 saturated carbocycles. The van der Waals surface area contributed by atoms with E-state index in [-0.39, 0.29) is 5.92 Å². The van der Waals surface area contributed by atoms with Gasteiger partial charge in [0, 0.05) is 0 Å². The second-order valence-corrected chi connectivity index (χ2v) is 6.58. The van der Waals surface area contributed by atoms with Crippen LogP contribution in [0.5, 0.6) is 0 Å². The molecule has 0 heterocycles. The number of carbonyl (C=O) groups is 1. The van der Waals surface area contributed by atoms with Gasteiger partial charge in [0.1, 0.15) is 0 Å². The third-order valence-electron chi connectivity index (χ3n) is 5.68. The van der Waals surface area contributed by atoms with Gasteiger partial charge in [-0.2, -0.15) is 0 Å². The highest BCUT2D eigenvalue weighted by Gasteiger charge is 2.50. The van der Waals surface area contributed by atoms with Gasteiger partial charge < -0.3 is 5.11 Å². The van der Waals surface area contributed by atoms with Crippen LogP contribution in [0.1, 0.15) is 52.9 Å². The summed E-state index contributed by atoms with van der Waals surface area (Å²) in [5.74, 6) is 1.72. The van der Waals surface area contributed by atoms with E-state index in [4.69, 9.17) is 5.11 Å². The zero-order valence-corrected chi connectivity index (χ0v) is 11.9. The minimum atomic E-state index is -0.652. The van der Waals surface area contributed by atoms with E-state index in [0.717, 1.165) is 18.3 Å². The Bertz CT molecular complexity index is 347. The molecule has 18 heavy (non-hydrogen) atoms. The molecule has 0 aromatic carbocycles. The SMILES string of the molecule is CC[C@H](C)[C@H]1CC[C@H]2[C@H](CC(=O)O)C=CC[C@]12C. The topological polar surface area (TPSA) is 37.3 Å². The summed E-state index contributed by atoms with van der Waals surface area (Å²) in [4.78, 5) is 11.0. The van der Waals surface area contributed by atoms with Crippen molar-refractivity contribution in [2.45, 2.75) is 52.9 Å². The molecule has 0 spiro atoms. The fourth-order valence-corrected chi connectivity index (χ4v) is 4.56. The Balaban J connectivity index is 2.19. The number of aliphatic carboxylic acids is 1. The van der Waals surface area contributed by atoms with Gasteiger partial charge in [-0.05, 0) is 48.3 Å². The van der Waals surface area contributed by atoms with Crippen molar-refractivity contribution < 1.29 is 9.90 Å². The number of hydrogen-bond acceptors (Lipinski definition) is 1. The van der Waals surface area contributed by atoms with Gasteiger partial charge in [0.25, 0.3) is 0 Å². The molecule has 2 aliphatic rings. The van der Waals surface area contributed by atoms with Crippen molar-refractivity contribution in [3.63, 3.8) is 0 Å². The Labute approximate surface area is 110 Å². The fourth-order valence-electron chi connectivity index (χ4n) is 4.56. The summed E-state index contributed by atoms with van der Waals surface area (Å²) < 4.78 is 0. The van der Waals surface area contributed by atoms with Crippen LogP contribution in [-0.4, -0.2) is 11.1 Å². The van der Waals surface area contributed by atoms with Gasteiger partial charge in [0.05, 0.1) is 6.42 Å². The molecule has 0 saturated heterocycles. The van der Waals surface area contributed by atoms with Crippen LogP contribution in [0.15, 0.2) is 12.2 Å². The van der Waals surface area contributed by atoms with Crippen molar-refractivity contribution in [3.8, 4) is 0 Å². The summed E-state index contributed by atoms with van der Waals surface area (Å²) in [6, 6.07) is 0. The second-order valence-electron chi connectivity index (χ2n) is 6.58. The largest absolute Gasteiger partial charge is 0.481 e. The van der Waals surface area contributed by atoms with Gasteiger partial charge in [-0.15, -0.1) is 0 Å². The summed E-state index contributed by atoms with van der Waals surface area (Å²) >= 11 is 0. The van der Waals surface area contributed by atoms with Crippen LogP contribution >= 0.6 is 0 Å². The molecule has 0 bridgehead atoms. The normalized spacial score (nSPS) is 40.5. The van der Waals surface area contributed by atoms with Crippen LogP contribution in [0.3, 0.4) is 0 Å². The minimum absolute atomic E-state index is 0.260. The first-order valence-electron chi connectivity index (χ1n) is 7.37. The van der Waals surface area contributed by atoms with E-state index in [1.807, 2.05) is 0 Å². The van der Waals surface area contributed by atoms with Gasteiger partial charge in [-0.25, -0.2) is 0 Å². The lowest BCUT2D eigenvalue weighted by atomic mass is 9.61. The quantitative estimate of drug-likeness (QED) is 0.762. The lowest BCUT2D eigenvalue weighted by Crippen LogP contribution is -2.37. The van der Waals surface area contributed by atoms with Crippen LogP contribution < -0.4 is 0 Å². The first-order chi connectivity index (χ1) is 8.49. The maximum Gasteiger partial charge on any atom is 0.303 e. The smallest absolute Gasteiger partial charge is 0.303 e. The molecular weight excluding hydrogens is 224 g/mol. The fraction of sp³-hybridized carbons (Fsp3) is 0.812. The molecule has 0 radical (unpaired) electrons. The minimum Gasteiger partial charge on any atom is -0.481 e. The Morgan fingerprint density at radius 3 is 2.83 bits per heavy atom. The van der Waals surface area contributed by atoms with Crippen molar-refractivity contribution in [1.82, 2.24) is 0 Å². The Hall–Kier alpha value is -0.790. The summed E-state index contributed by atoms with van der Waals surface area (Å²) in [7, 11) is 0. The molecule has 1 N–H and O–H groups in total. The Morgan fingerprint density at radius 2 is 2.22 bits per heavy atom. The maximum absolute atomic E-state index is 11.0. The van der Waals surface area contributed by atoms with Crippen molar-refractivity contribution in [2.24, 2.45) is 29.1 Å². The van der Waals surface area contributed by atoms with E-state index in [1.165, 1.54) is 19.3 Å². The average molecular weight is 250 g/mol. The lowest BCUT2D eigenvalue weighted by molar-refractivity contribution is -0.138. The summed E-state index contributed by atoms with van der Waals surface area (Å²) in [6.07, 6.45) is 9.60. The van der Waals surface area contributed by atoms with Crippen molar-refractivity contribution in [3.05, 3.63) is 12.2 Å². The van der Waals surface area contributed by atoms with E-state index < -0.39 is 5.97 Å². The third kappa shape index (κ3) is 2.22. The van der Waals surface area contributed by atoms with Crippen molar-refractivity contribution in [1.29, 1.82) is 0 Å². The zero-order chi connectivity index (χ0) is 13.3. The number of carboxylic acid groups (broad SMARTS) is 1. The lowest BCUT2D eigenvalue weighted by Gasteiger charge is -2.44. The monoisotopic (exact) mass is 250 g/mol. The van der Waals surface area contributed by atoms with Crippen LogP contribution in [0.2, 0.25) is 0 Å². The van der Waals surface area contributed by atoms with Crippen molar-refractivity contribution >= 4 is 5.97 Å². The van der Waals surface area contributed by atoms with Crippen LogP contribution in [0, 0.1) is 29.1 Å². The highest BCUT2D eigenvalue weighted by molar-refractivity contribution is 5.67. The second kappa shape index (κ2) is 5.07. The predicted molar refractivity (Wildman–Crippen MR) is 73.3 cm³/mol. The van der Waals surface area contributed by atoms with E-state index in [0.29, 0.717) is 17.8 Å². The van der Waals surface area contributed by atoms with Gasteiger partial charge in [0.15, 0.2) is 0 Å². The molecule has 2 nitrogen and oxygen atoms in total. The average Bonchev–Trinajstić information content (AvgIpc) is 2.66. The molecule has 102 valence electrons. The first-order valence-corrected chi connectivity index (χ1v) is 7.37. The highest BCUT2D eigenvalue weighted by Crippen LogP contribution is 2.58. The molecule has 0 unspecified atom stereocenters. The van der Waals surface area contributed by atoms with Crippen LogP contribution in [0.4, 0.5) is 0 Å². The van der Waals surface area contributed by atoms with Gasteiger partial charge >= 0.3 is 5.97 Å². The highest BCUT2D eigenvalue weighted by atomic mass is 16.4. The number of fused-ring (bicyclic) bond motifs is 1. The van der Waals surface area contributed by atoms with E-state index in [2.05, 4.69) is 32.9 Å². The molecule has 2 rings (SSSR count). The van der Waals surface area contributed by atoms with Gasteiger partial charge in [-0.3, -0.25) is 4.79 Å². The number of hydrogen-bond donors (Lipinski definition) is 1. The van der Waals surface area contributed by atoms with Crippen molar-refractivity contribution in [2.75, 3.05) is 0 Å². The van der Waals surface area contributed by atoms with Gasteiger partial charge in [0.2, 0.25) is 0 Å². The molecule has 0 aromatic heterocycles. The van der Waals surface area contributed by atoms with Crippen LogP contribution in [-0.2, 0) is 4.79 Å². The molecule has 0 aromatic rings. The molecule has 0 amide bonds. The third-order valence-corrected chi connectivity index (χ3v) is 5.68. The Morgan fingerprint density at radius 1 is 1.50 bits per heavy atom. The predicted octanol–water partition coefficient (Wildman–Crippen LogP) is 4.12. The number of allylic oxidation sites excluding steroid dienone is 2. The summed E-state index contributed by atoms with van der Waals surface area (Å²) in [6.45, 7) is 7.04. The van der Waals surface area contributed by atoms with Crippen LogP contribution in [0.25, 0.3) is 0 Å². The molecule has 2 heteroatoms. The summed E-state index contributed by atoms with van der Waals surface area (Å²) in [5, 5.41) is 9.06. The molecular formula is C16H26O2. The van der Waals surface area contributed by atoms with E-state index >= 15 is 0 Å². The number of carboxylic acids is 1. The van der Waals surface area contributed by atoms with Gasteiger partial charge in [-0.1, -0.05) is 39.3 Å². The Kier molecular flexibility index (Phi) is 3.84. The first kappa shape index (κ1) is 13.6. The van der Waals surface area contributed by atoms with E-state index in [1.54, 1.807) is 0 Å². The summed E-state index contributed by atoms with van der Waals surface area (Å²) in [5.41, 5.74) is 0.338. The number of rotatable bonds is 4. The molecule has 2 aliphatic carbocycles. The molecule has 5 atom stereocenters.